The van der Waals surface area contributed by atoms with Crippen molar-refractivity contribution in [3.8, 4) is 5.75 Å². The van der Waals surface area contributed by atoms with Gasteiger partial charge in [0.15, 0.2) is 0 Å². The van der Waals surface area contributed by atoms with E-state index in [0.29, 0.717) is 24.3 Å². The van der Waals surface area contributed by atoms with Gasteiger partial charge in [-0.2, -0.15) is 0 Å². The fraction of sp³-hybridized carbons (Fsp3) is 0.600. The molecule has 1 aromatic carbocycles. The van der Waals surface area contributed by atoms with Gasteiger partial charge in [0.05, 0.1) is 6.10 Å². The molecule has 0 saturated heterocycles. The zero-order valence-corrected chi connectivity index (χ0v) is 11.0. The van der Waals surface area contributed by atoms with Crippen molar-refractivity contribution in [1.82, 2.24) is 5.32 Å². The third kappa shape index (κ3) is 3.72. The second kappa shape index (κ2) is 6.21. The van der Waals surface area contributed by atoms with E-state index >= 15 is 0 Å². The van der Waals surface area contributed by atoms with Crippen LogP contribution in [0.1, 0.15) is 31.7 Å². The molecule has 3 nitrogen and oxygen atoms in total. The molecule has 3 heteroatoms. The van der Waals surface area contributed by atoms with E-state index in [1.807, 2.05) is 12.1 Å². The highest BCUT2D eigenvalue weighted by atomic mass is 16.3. The van der Waals surface area contributed by atoms with Gasteiger partial charge in [0.1, 0.15) is 5.75 Å². The molecule has 0 heterocycles. The van der Waals surface area contributed by atoms with E-state index in [0.717, 1.165) is 6.42 Å². The monoisotopic (exact) mass is 249 g/mol. The smallest absolute Gasteiger partial charge is 0.115 e. The van der Waals surface area contributed by atoms with Crippen LogP contribution in [0.5, 0.6) is 5.75 Å². The fourth-order valence-electron chi connectivity index (χ4n) is 2.37. The van der Waals surface area contributed by atoms with Crippen molar-refractivity contribution >= 4 is 0 Å². The molecule has 0 aromatic heterocycles. The van der Waals surface area contributed by atoms with Crippen LogP contribution >= 0.6 is 0 Å². The SMILES string of the molecule is CC(Cc1ccc(O)cc1)NCC(O)C1CCC1. The van der Waals surface area contributed by atoms with E-state index in [2.05, 4.69) is 12.2 Å². The summed E-state index contributed by atoms with van der Waals surface area (Å²) in [6.45, 7) is 2.81. The maximum absolute atomic E-state index is 9.92. The van der Waals surface area contributed by atoms with E-state index < -0.39 is 0 Å². The molecule has 100 valence electrons. The highest BCUT2D eigenvalue weighted by Crippen LogP contribution is 2.29. The molecule has 0 bridgehead atoms. The molecule has 0 spiro atoms. The highest BCUT2D eigenvalue weighted by molar-refractivity contribution is 5.26. The average molecular weight is 249 g/mol. The number of nitrogens with one attached hydrogen (secondary N) is 1. The summed E-state index contributed by atoms with van der Waals surface area (Å²) in [6, 6.07) is 7.65. The number of aromatic hydroxyl groups is 1. The van der Waals surface area contributed by atoms with Crippen molar-refractivity contribution in [2.75, 3.05) is 6.54 Å². The first-order valence-electron chi connectivity index (χ1n) is 6.84. The molecule has 2 rings (SSSR count). The van der Waals surface area contributed by atoms with E-state index in [1.54, 1.807) is 12.1 Å². The van der Waals surface area contributed by atoms with Crippen molar-refractivity contribution < 1.29 is 10.2 Å². The molecule has 1 aliphatic carbocycles. The molecule has 1 aliphatic rings. The van der Waals surface area contributed by atoms with Crippen LogP contribution < -0.4 is 5.32 Å². The van der Waals surface area contributed by atoms with Crippen LogP contribution in [0.2, 0.25) is 0 Å². The summed E-state index contributed by atoms with van der Waals surface area (Å²) in [5, 5.41) is 22.5. The first-order valence-corrected chi connectivity index (χ1v) is 6.84. The van der Waals surface area contributed by atoms with Gasteiger partial charge in [-0.3, -0.25) is 0 Å². The van der Waals surface area contributed by atoms with Gasteiger partial charge >= 0.3 is 0 Å². The lowest BCUT2D eigenvalue weighted by Crippen LogP contribution is -2.40. The van der Waals surface area contributed by atoms with Crippen molar-refractivity contribution in [3.05, 3.63) is 29.8 Å². The molecule has 3 N–H and O–H groups in total. The Balaban J connectivity index is 1.71. The summed E-state index contributed by atoms with van der Waals surface area (Å²) in [5.41, 5.74) is 1.20. The largest absolute Gasteiger partial charge is 0.508 e. The zero-order valence-electron chi connectivity index (χ0n) is 11.0. The summed E-state index contributed by atoms with van der Waals surface area (Å²) >= 11 is 0. The van der Waals surface area contributed by atoms with Crippen LogP contribution in [-0.4, -0.2) is 28.9 Å². The highest BCUT2D eigenvalue weighted by Gasteiger charge is 2.25. The molecule has 2 unspecified atom stereocenters. The van der Waals surface area contributed by atoms with E-state index in [9.17, 15) is 10.2 Å². The maximum atomic E-state index is 9.92. The van der Waals surface area contributed by atoms with Crippen LogP contribution in [-0.2, 0) is 6.42 Å². The molecular weight excluding hydrogens is 226 g/mol. The number of rotatable bonds is 6. The Morgan fingerprint density at radius 1 is 1.28 bits per heavy atom. The summed E-state index contributed by atoms with van der Waals surface area (Å²) in [7, 11) is 0. The third-order valence-electron chi connectivity index (χ3n) is 3.85. The van der Waals surface area contributed by atoms with E-state index in [4.69, 9.17) is 0 Å². The summed E-state index contributed by atoms with van der Waals surface area (Å²) in [6.07, 6.45) is 4.34. The lowest BCUT2D eigenvalue weighted by Gasteiger charge is -2.31. The minimum Gasteiger partial charge on any atom is -0.508 e. The Morgan fingerprint density at radius 2 is 1.94 bits per heavy atom. The third-order valence-corrected chi connectivity index (χ3v) is 3.85. The summed E-state index contributed by atoms with van der Waals surface area (Å²) in [5.74, 6) is 0.818. The minimum absolute atomic E-state index is 0.194. The number of aliphatic hydroxyl groups excluding tert-OH is 1. The van der Waals surface area contributed by atoms with Crippen LogP contribution in [0.4, 0.5) is 0 Å². The second-order valence-corrected chi connectivity index (χ2v) is 5.44. The number of hydrogen-bond donors (Lipinski definition) is 3. The normalized spacial score (nSPS) is 19.2. The van der Waals surface area contributed by atoms with Gasteiger partial charge in [-0.15, -0.1) is 0 Å². The Bertz CT molecular complexity index is 359. The molecule has 0 aliphatic heterocycles. The minimum atomic E-state index is -0.194. The second-order valence-electron chi connectivity index (χ2n) is 5.44. The van der Waals surface area contributed by atoms with Crippen LogP contribution in [0.25, 0.3) is 0 Å². The van der Waals surface area contributed by atoms with Gasteiger partial charge in [0, 0.05) is 12.6 Å². The topological polar surface area (TPSA) is 52.5 Å². The number of hydrogen-bond acceptors (Lipinski definition) is 3. The predicted octanol–water partition coefficient (Wildman–Crippen LogP) is 2.07. The van der Waals surface area contributed by atoms with Crippen LogP contribution in [0.3, 0.4) is 0 Å². The number of phenols is 1. The number of benzene rings is 1. The van der Waals surface area contributed by atoms with Crippen LogP contribution in [0, 0.1) is 5.92 Å². The van der Waals surface area contributed by atoms with Crippen LogP contribution in [0.15, 0.2) is 24.3 Å². The van der Waals surface area contributed by atoms with E-state index in [1.165, 1.54) is 24.8 Å². The fourth-order valence-corrected chi connectivity index (χ4v) is 2.37. The summed E-state index contributed by atoms with van der Waals surface area (Å²) in [4.78, 5) is 0. The Hall–Kier alpha value is -1.06. The average Bonchev–Trinajstić information content (AvgIpc) is 2.27. The quantitative estimate of drug-likeness (QED) is 0.723. The Kier molecular flexibility index (Phi) is 4.61. The van der Waals surface area contributed by atoms with Crippen molar-refractivity contribution in [3.63, 3.8) is 0 Å². The zero-order chi connectivity index (χ0) is 13.0. The number of aliphatic hydroxyl groups is 1. The Labute approximate surface area is 109 Å². The van der Waals surface area contributed by atoms with E-state index in [-0.39, 0.29) is 6.10 Å². The summed E-state index contributed by atoms with van der Waals surface area (Å²) < 4.78 is 0. The van der Waals surface area contributed by atoms with Gasteiger partial charge in [-0.25, -0.2) is 0 Å². The molecule has 0 amide bonds. The first-order chi connectivity index (χ1) is 8.65. The van der Waals surface area contributed by atoms with Gasteiger partial charge in [-0.05, 0) is 49.8 Å². The molecule has 2 atom stereocenters. The molecule has 1 aromatic rings. The first kappa shape index (κ1) is 13.4. The van der Waals surface area contributed by atoms with Gasteiger partial charge < -0.3 is 15.5 Å². The van der Waals surface area contributed by atoms with Crippen molar-refractivity contribution in [2.45, 2.75) is 44.8 Å². The lowest BCUT2D eigenvalue weighted by atomic mass is 9.81. The maximum Gasteiger partial charge on any atom is 0.115 e. The molecule has 18 heavy (non-hydrogen) atoms. The predicted molar refractivity (Wildman–Crippen MR) is 72.6 cm³/mol. The molecular formula is C15H23NO2. The number of phenolic OH excluding ortho intramolecular Hbond substituents is 1. The Morgan fingerprint density at radius 3 is 2.50 bits per heavy atom. The molecule has 0 radical (unpaired) electrons. The standard InChI is InChI=1S/C15H23NO2/c1-11(9-12-5-7-14(17)8-6-12)16-10-15(18)13-3-2-4-13/h5-8,11,13,15-18H,2-4,9-10H2,1H3. The van der Waals surface area contributed by atoms with Gasteiger partial charge in [0.2, 0.25) is 0 Å². The lowest BCUT2D eigenvalue weighted by molar-refractivity contribution is 0.0605. The van der Waals surface area contributed by atoms with Crippen molar-refractivity contribution in [2.24, 2.45) is 5.92 Å². The van der Waals surface area contributed by atoms with Gasteiger partial charge in [0.25, 0.3) is 0 Å². The molecule has 1 saturated carbocycles. The molecule has 1 fully saturated rings. The van der Waals surface area contributed by atoms with Gasteiger partial charge in [-0.1, -0.05) is 18.6 Å². The van der Waals surface area contributed by atoms with Crippen molar-refractivity contribution in [1.29, 1.82) is 0 Å².